The predicted molar refractivity (Wildman–Crippen MR) is 76.8 cm³/mol. The van der Waals surface area contributed by atoms with Crippen molar-refractivity contribution in [2.45, 2.75) is 52.0 Å². The SMILES string of the molecule is Cc1cc(C)n2cnc(C(=O)NC3CCCCC3)c2n1. The van der Waals surface area contributed by atoms with Gasteiger partial charge in [0.2, 0.25) is 0 Å². The molecule has 2 aromatic rings. The third-order valence-electron chi connectivity index (χ3n) is 3.98. The summed E-state index contributed by atoms with van der Waals surface area (Å²) >= 11 is 0. The molecule has 5 nitrogen and oxygen atoms in total. The van der Waals surface area contributed by atoms with Gasteiger partial charge in [0.05, 0.1) is 0 Å². The highest BCUT2D eigenvalue weighted by Gasteiger charge is 2.20. The molecule has 20 heavy (non-hydrogen) atoms. The third-order valence-corrected chi connectivity index (χ3v) is 3.98. The summed E-state index contributed by atoms with van der Waals surface area (Å²) in [7, 11) is 0. The molecule has 0 atom stereocenters. The van der Waals surface area contributed by atoms with Gasteiger partial charge in [-0.15, -0.1) is 0 Å². The van der Waals surface area contributed by atoms with E-state index in [9.17, 15) is 4.79 Å². The number of imidazole rings is 1. The molecule has 0 unspecified atom stereocenters. The normalized spacial score (nSPS) is 16.5. The predicted octanol–water partition coefficient (Wildman–Crippen LogP) is 2.41. The monoisotopic (exact) mass is 272 g/mol. The van der Waals surface area contributed by atoms with E-state index in [1.807, 2.05) is 24.3 Å². The molecular weight excluding hydrogens is 252 g/mol. The summed E-state index contributed by atoms with van der Waals surface area (Å²) in [6.07, 6.45) is 7.50. The molecule has 0 aromatic carbocycles. The molecule has 1 aliphatic rings. The topological polar surface area (TPSA) is 59.3 Å². The van der Waals surface area contributed by atoms with Crippen LogP contribution in [0.4, 0.5) is 0 Å². The van der Waals surface area contributed by atoms with Gasteiger partial charge < -0.3 is 5.32 Å². The summed E-state index contributed by atoms with van der Waals surface area (Å²) in [6, 6.07) is 2.27. The molecule has 1 N–H and O–H groups in total. The molecule has 0 aliphatic heterocycles. The molecule has 2 aromatic heterocycles. The summed E-state index contributed by atoms with van der Waals surface area (Å²) < 4.78 is 1.86. The lowest BCUT2D eigenvalue weighted by molar-refractivity contribution is 0.0924. The molecule has 1 saturated carbocycles. The number of fused-ring (bicyclic) bond motifs is 1. The summed E-state index contributed by atoms with van der Waals surface area (Å²) in [6.45, 7) is 3.93. The van der Waals surface area contributed by atoms with Crippen LogP contribution in [0.2, 0.25) is 0 Å². The average molecular weight is 272 g/mol. The van der Waals surface area contributed by atoms with Crippen LogP contribution in [0, 0.1) is 13.8 Å². The Morgan fingerprint density at radius 1 is 1.30 bits per heavy atom. The van der Waals surface area contributed by atoms with Crippen molar-refractivity contribution in [3.63, 3.8) is 0 Å². The lowest BCUT2D eigenvalue weighted by Gasteiger charge is -2.22. The van der Waals surface area contributed by atoms with Gasteiger partial charge in [-0.05, 0) is 32.8 Å². The van der Waals surface area contributed by atoms with Crippen LogP contribution < -0.4 is 5.32 Å². The fourth-order valence-electron chi connectivity index (χ4n) is 2.94. The summed E-state index contributed by atoms with van der Waals surface area (Å²) in [5, 5.41) is 3.10. The van der Waals surface area contributed by atoms with Gasteiger partial charge in [0.1, 0.15) is 6.33 Å². The van der Waals surface area contributed by atoms with E-state index in [2.05, 4.69) is 15.3 Å². The van der Waals surface area contributed by atoms with E-state index in [0.29, 0.717) is 17.4 Å². The van der Waals surface area contributed by atoms with Crippen LogP contribution in [0.15, 0.2) is 12.4 Å². The van der Waals surface area contributed by atoms with E-state index in [1.165, 1.54) is 19.3 Å². The Bertz CT molecular complexity index is 641. The number of rotatable bonds is 2. The van der Waals surface area contributed by atoms with Crippen molar-refractivity contribution in [3.8, 4) is 0 Å². The highest BCUT2D eigenvalue weighted by atomic mass is 16.2. The Kier molecular flexibility index (Phi) is 3.42. The standard InChI is InChI=1S/C15H20N4O/c1-10-8-11(2)19-9-16-13(14(19)17-10)15(20)18-12-6-4-3-5-7-12/h8-9,12H,3-7H2,1-2H3,(H,18,20). The second-order valence-corrected chi connectivity index (χ2v) is 5.63. The van der Waals surface area contributed by atoms with Crippen LogP contribution in [-0.4, -0.2) is 26.3 Å². The molecule has 3 rings (SSSR count). The molecule has 1 aliphatic carbocycles. The number of aromatic nitrogens is 3. The number of carbonyl (C=O) groups excluding carboxylic acids is 1. The van der Waals surface area contributed by atoms with Crippen LogP contribution in [-0.2, 0) is 0 Å². The second-order valence-electron chi connectivity index (χ2n) is 5.63. The molecule has 5 heteroatoms. The number of amides is 1. The first-order valence-corrected chi connectivity index (χ1v) is 7.27. The van der Waals surface area contributed by atoms with Crippen molar-refractivity contribution in [3.05, 3.63) is 29.5 Å². The lowest BCUT2D eigenvalue weighted by atomic mass is 9.95. The first kappa shape index (κ1) is 13.1. The minimum atomic E-state index is -0.100. The molecule has 0 radical (unpaired) electrons. The van der Waals surface area contributed by atoms with E-state index in [4.69, 9.17) is 0 Å². The molecule has 0 saturated heterocycles. The minimum absolute atomic E-state index is 0.100. The van der Waals surface area contributed by atoms with Gasteiger partial charge in [-0.1, -0.05) is 19.3 Å². The smallest absolute Gasteiger partial charge is 0.274 e. The van der Waals surface area contributed by atoms with Crippen LogP contribution in [0.3, 0.4) is 0 Å². The second kappa shape index (κ2) is 5.23. The first-order chi connectivity index (χ1) is 9.65. The van der Waals surface area contributed by atoms with Crippen LogP contribution in [0.1, 0.15) is 54.0 Å². The van der Waals surface area contributed by atoms with Gasteiger partial charge in [-0.2, -0.15) is 0 Å². The highest BCUT2D eigenvalue weighted by Crippen LogP contribution is 2.18. The first-order valence-electron chi connectivity index (χ1n) is 7.27. The van der Waals surface area contributed by atoms with Gasteiger partial charge in [0, 0.05) is 17.4 Å². The number of nitrogens with zero attached hydrogens (tertiary/aromatic N) is 3. The number of hydrogen-bond acceptors (Lipinski definition) is 3. The molecule has 0 bridgehead atoms. The van der Waals surface area contributed by atoms with Crippen LogP contribution >= 0.6 is 0 Å². The fourth-order valence-corrected chi connectivity index (χ4v) is 2.94. The Morgan fingerprint density at radius 2 is 2.05 bits per heavy atom. The zero-order valence-electron chi connectivity index (χ0n) is 12.0. The summed E-state index contributed by atoms with van der Waals surface area (Å²) in [5.41, 5.74) is 3.03. The summed E-state index contributed by atoms with van der Waals surface area (Å²) in [4.78, 5) is 21.1. The molecule has 1 amide bonds. The maximum absolute atomic E-state index is 12.4. The highest BCUT2D eigenvalue weighted by molar-refractivity contribution is 5.98. The quantitative estimate of drug-likeness (QED) is 0.913. The Hall–Kier alpha value is -1.91. The maximum Gasteiger partial charge on any atom is 0.274 e. The zero-order chi connectivity index (χ0) is 14.1. The van der Waals surface area contributed by atoms with Crippen molar-refractivity contribution in [2.24, 2.45) is 0 Å². The van der Waals surface area contributed by atoms with Crippen LogP contribution in [0.25, 0.3) is 5.65 Å². The molecule has 0 spiro atoms. The van der Waals surface area contributed by atoms with Crippen molar-refractivity contribution in [1.29, 1.82) is 0 Å². The van der Waals surface area contributed by atoms with E-state index in [1.54, 1.807) is 6.33 Å². The largest absolute Gasteiger partial charge is 0.348 e. The van der Waals surface area contributed by atoms with Gasteiger partial charge >= 0.3 is 0 Å². The number of aryl methyl sites for hydroxylation is 2. The van der Waals surface area contributed by atoms with Crippen molar-refractivity contribution in [1.82, 2.24) is 19.7 Å². The van der Waals surface area contributed by atoms with Crippen molar-refractivity contribution in [2.75, 3.05) is 0 Å². The average Bonchev–Trinajstić information content (AvgIpc) is 2.84. The molecule has 2 heterocycles. The van der Waals surface area contributed by atoms with E-state index < -0.39 is 0 Å². The van der Waals surface area contributed by atoms with Gasteiger partial charge in [-0.3, -0.25) is 9.20 Å². The molecule has 106 valence electrons. The van der Waals surface area contributed by atoms with Gasteiger partial charge in [0.25, 0.3) is 5.91 Å². The third kappa shape index (κ3) is 2.40. The number of nitrogens with one attached hydrogen (secondary N) is 1. The van der Waals surface area contributed by atoms with Crippen LogP contribution in [0.5, 0.6) is 0 Å². The summed E-state index contributed by atoms with van der Waals surface area (Å²) in [5.74, 6) is -0.100. The van der Waals surface area contributed by atoms with Crippen molar-refractivity contribution >= 4 is 11.6 Å². The minimum Gasteiger partial charge on any atom is -0.348 e. The molecular formula is C15H20N4O. The van der Waals surface area contributed by atoms with E-state index in [-0.39, 0.29) is 5.91 Å². The molecule has 1 fully saturated rings. The number of carbonyl (C=O) groups is 1. The van der Waals surface area contributed by atoms with Crippen molar-refractivity contribution < 1.29 is 4.79 Å². The van der Waals surface area contributed by atoms with E-state index >= 15 is 0 Å². The Morgan fingerprint density at radius 3 is 2.80 bits per heavy atom. The Balaban J connectivity index is 1.87. The van der Waals surface area contributed by atoms with Gasteiger partial charge in [0.15, 0.2) is 11.3 Å². The van der Waals surface area contributed by atoms with Gasteiger partial charge in [-0.25, -0.2) is 9.97 Å². The maximum atomic E-state index is 12.4. The Labute approximate surface area is 118 Å². The van der Waals surface area contributed by atoms with E-state index in [0.717, 1.165) is 24.2 Å². The lowest BCUT2D eigenvalue weighted by Crippen LogP contribution is -2.36. The number of hydrogen-bond donors (Lipinski definition) is 1. The zero-order valence-corrected chi connectivity index (χ0v) is 12.0. The fraction of sp³-hybridized carbons (Fsp3) is 0.533.